The van der Waals surface area contributed by atoms with Crippen molar-refractivity contribution < 1.29 is 0 Å². The van der Waals surface area contributed by atoms with Crippen molar-refractivity contribution >= 4 is 21.7 Å². The lowest BCUT2D eigenvalue weighted by molar-refractivity contribution is 0.659. The molecule has 4 aromatic rings. The van der Waals surface area contributed by atoms with Crippen LogP contribution in [0.1, 0.15) is 47.2 Å². The van der Waals surface area contributed by atoms with Gasteiger partial charge in [-0.25, -0.2) is 0 Å². The predicted molar refractivity (Wildman–Crippen MR) is 153 cm³/mol. The van der Waals surface area contributed by atoms with Crippen molar-refractivity contribution in [2.45, 2.75) is 36.8 Å². The molecule has 0 amide bonds. The van der Waals surface area contributed by atoms with Crippen LogP contribution in [0.3, 0.4) is 0 Å². The Morgan fingerprint density at radius 3 is 1.29 bits per heavy atom. The van der Waals surface area contributed by atoms with Gasteiger partial charge in [-0.1, -0.05) is 132 Å². The maximum atomic E-state index is 2.43. The Morgan fingerprint density at radius 2 is 0.857 bits per heavy atom. The van der Waals surface area contributed by atoms with E-state index in [1.54, 1.807) is 0 Å². The molecule has 0 bridgehead atoms. The Morgan fingerprint density at radius 1 is 0.486 bits per heavy atom. The molecule has 6 rings (SSSR count). The fourth-order valence-electron chi connectivity index (χ4n) is 6.94. The van der Waals surface area contributed by atoms with Crippen molar-refractivity contribution in [1.29, 1.82) is 0 Å². The van der Waals surface area contributed by atoms with E-state index >= 15 is 0 Å². The first kappa shape index (κ1) is 22.1. The van der Waals surface area contributed by atoms with E-state index < -0.39 is 9.52 Å². The van der Waals surface area contributed by atoms with Gasteiger partial charge in [-0.3, -0.25) is 0 Å². The summed E-state index contributed by atoms with van der Waals surface area (Å²) >= 11 is 0. The van der Waals surface area contributed by atoms with E-state index in [-0.39, 0.29) is 10.8 Å². The molecule has 0 spiro atoms. The van der Waals surface area contributed by atoms with Crippen LogP contribution in [0.25, 0.3) is 12.2 Å². The highest BCUT2D eigenvalue weighted by atomic mass is 28.2. The fourth-order valence-corrected chi connectivity index (χ4v) is 10.1. The number of rotatable bonds is 6. The zero-order chi connectivity index (χ0) is 23.9. The summed E-state index contributed by atoms with van der Waals surface area (Å²) in [4.78, 5) is 0. The summed E-state index contributed by atoms with van der Waals surface area (Å²) < 4.78 is 0. The van der Waals surface area contributed by atoms with E-state index in [2.05, 4.69) is 135 Å². The zero-order valence-corrected chi connectivity index (χ0v) is 22.1. The van der Waals surface area contributed by atoms with Crippen molar-refractivity contribution in [2.24, 2.45) is 0 Å². The monoisotopic (exact) mass is 468 g/mol. The van der Waals surface area contributed by atoms with Crippen LogP contribution < -0.4 is 0 Å². The van der Waals surface area contributed by atoms with E-state index in [9.17, 15) is 0 Å². The molecule has 0 saturated heterocycles. The zero-order valence-electron chi connectivity index (χ0n) is 20.7. The van der Waals surface area contributed by atoms with Crippen molar-refractivity contribution in [1.82, 2.24) is 0 Å². The number of fused-ring (bicyclic) bond motifs is 2. The molecule has 2 aliphatic rings. The Balaban J connectivity index is 1.42. The second-order valence-electron chi connectivity index (χ2n) is 10.2. The molecule has 0 saturated carbocycles. The maximum Gasteiger partial charge on any atom is 0.0389 e. The van der Waals surface area contributed by atoms with Crippen molar-refractivity contribution in [2.75, 3.05) is 0 Å². The Hall–Kier alpha value is -3.42. The molecule has 2 atom stereocenters. The number of hydrogen-bond donors (Lipinski definition) is 0. The molecule has 0 nitrogen and oxygen atoms in total. The Kier molecular flexibility index (Phi) is 5.46. The summed E-state index contributed by atoms with van der Waals surface area (Å²) in [6.07, 6.45) is 4.86. The molecule has 0 heterocycles. The summed E-state index contributed by atoms with van der Waals surface area (Å²) in [6.45, 7) is 4.70. The van der Waals surface area contributed by atoms with Crippen LogP contribution in [-0.2, 0) is 10.8 Å². The molecule has 2 unspecified atom stereocenters. The third-order valence-corrected chi connectivity index (χ3v) is 10.8. The normalized spacial score (nSPS) is 22.7. The third kappa shape index (κ3) is 3.33. The molecule has 0 aromatic heterocycles. The molecular formula is C34H32Si. The van der Waals surface area contributed by atoms with E-state index in [0.29, 0.717) is 0 Å². The second-order valence-corrected chi connectivity index (χ2v) is 11.9. The molecule has 0 fully saturated rings. The number of allylic oxidation sites excluding steroid dienone is 2. The quantitative estimate of drug-likeness (QED) is 0.253. The number of benzene rings is 4. The smallest absolute Gasteiger partial charge is 0.0389 e. The van der Waals surface area contributed by atoms with Crippen molar-refractivity contribution in [3.05, 3.63) is 154 Å². The van der Waals surface area contributed by atoms with Crippen LogP contribution in [0.4, 0.5) is 0 Å². The maximum absolute atomic E-state index is 2.43. The molecule has 0 N–H and O–H groups in total. The fraction of sp³-hybridized carbons (Fsp3) is 0.176. The van der Waals surface area contributed by atoms with Gasteiger partial charge < -0.3 is 0 Å². The molecule has 2 aliphatic carbocycles. The van der Waals surface area contributed by atoms with Gasteiger partial charge in [0.05, 0.1) is 0 Å². The summed E-state index contributed by atoms with van der Waals surface area (Å²) in [5, 5.41) is 0. The lowest BCUT2D eigenvalue weighted by Crippen LogP contribution is -2.33. The van der Waals surface area contributed by atoms with E-state index in [1.165, 1.54) is 56.6 Å². The summed E-state index contributed by atoms with van der Waals surface area (Å²) in [5.74, 6) is 0. The van der Waals surface area contributed by atoms with Gasteiger partial charge in [-0.05, 0) is 59.3 Å². The predicted octanol–water partition coefficient (Wildman–Crippen LogP) is 7.80. The van der Waals surface area contributed by atoms with Crippen LogP contribution in [0.5, 0.6) is 0 Å². The standard InChI is InChI=1S/C34H32Si/c1-25-21-27-13-9-11-19-31(27)33(25,29-15-5-3-6-16-29)23-35-24-34(30-17-7-4-8-18-30)26(2)22-28-14-10-12-20-32(28)34/h3-22H,23-24,35H2,1-2H3. The van der Waals surface area contributed by atoms with Gasteiger partial charge in [0.15, 0.2) is 0 Å². The minimum Gasteiger partial charge on any atom is -0.0622 e. The molecule has 172 valence electrons. The first-order valence-corrected chi connectivity index (χ1v) is 14.8. The average molecular weight is 469 g/mol. The highest BCUT2D eigenvalue weighted by Crippen LogP contribution is 2.52. The van der Waals surface area contributed by atoms with Crippen LogP contribution in [0.15, 0.2) is 120 Å². The van der Waals surface area contributed by atoms with E-state index in [1.807, 2.05) is 0 Å². The van der Waals surface area contributed by atoms with E-state index in [4.69, 9.17) is 0 Å². The SMILES string of the molecule is CC1=Cc2ccccc2C1(C[SiH2]CC1(c2ccccc2)C(C)=Cc2ccccc21)c1ccccc1. The highest BCUT2D eigenvalue weighted by Gasteiger charge is 2.44. The molecule has 0 aliphatic heterocycles. The van der Waals surface area contributed by atoms with Gasteiger partial charge >= 0.3 is 0 Å². The first-order chi connectivity index (χ1) is 17.2. The van der Waals surface area contributed by atoms with Crippen LogP contribution in [-0.4, -0.2) is 9.52 Å². The van der Waals surface area contributed by atoms with Gasteiger partial charge in [0.2, 0.25) is 0 Å². The van der Waals surface area contributed by atoms with Crippen LogP contribution >= 0.6 is 0 Å². The first-order valence-electron chi connectivity index (χ1n) is 12.8. The Labute approximate surface area is 211 Å². The largest absolute Gasteiger partial charge is 0.0622 e. The minimum absolute atomic E-state index is 0.00229. The Bertz CT molecular complexity index is 1320. The molecule has 35 heavy (non-hydrogen) atoms. The lowest BCUT2D eigenvalue weighted by Gasteiger charge is -2.37. The van der Waals surface area contributed by atoms with Crippen molar-refractivity contribution in [3.8, 4) is 0 Å². The second kappa shape index (κ2) is 8.66. The van der Waals surface area contributed by atoms with Gasteiger partial charge in [0.1, 0.15) is 0 Å². The molecule has 0 radical (unpaired) electrons. The molecule has 1 heteroatoms. The van der Waals surface area contributed by atoms with Gasteiger partial charge in [-0.2, -0.15) is 0 Å². The average Bonchev–Trinajstić information content (AvgIpc) is 3.36. The third-order valence-electron chi connectivity index (χ3n) is 8.57. The van der Waals surface area contributed by atoms with Gasteiger partial charge in [-0.15, -0.1) is 0 Å². The van der Waals surface area contributed by atoms with Crippen molar-refractivity contribution in [3.63, 3.8) is 0 Å². The molecular weight excluding hydrogens is 436 g/mol. The van der Waals surface area contributed by atoms with Gasteiger partial charge in [0, 0.05) is 20.3 Å². The van der Waals surface area contributed by atoms with Gasteiger partial charge in [0.25, 0.3) is 0 Å². The summed E-state index contributed by atoms with van der Waals surface area (Å²) in [5.41, 5.74) is 11.6. The molecule has 4 aromatic carbocycles. The number of hydrogen-bond acceptors (Lipinski definition) is 0. The topological polar surface area (TPSA) is 0 Å². The summed E-state index contributed by atoms with van der Waals surface area (Å²) in [7, 11) is -0.473. The highest BCUT2D eigenvalue weighted by molar-refractivity contribution is 6.37. The summed E-state index contributed by atoms with van der Waals surface area (Å²) in [6, 6.07) is 43.1. The lowest BCUT2D eigenvalue weighted by atomic mass is 9.73. The van der Waals surface area contributed by atoms with E-state index in [0.717, 1.165) is 0 Å². The minimum atomic E-state index is -0.473. The van der Waals surface area contributed by atoms with Crippen LogP contribution in [0, 0.1) is 0 Å². The van der Waals surface area contributed by atoms with Crippen LogP contribution in [0.2, 0.25) is 12.1 Å².